The number of halogens is 4. The van der Waals surface area contributed by atoms with Gasteiger partial charge in [0, 0.05) is 0 Å². The van der Waals surface area contributed by atoms with Crippen LogP contribution in [0.25, 0.3) is 0 Å². The van der Waals surface area contributed by atoms with Gasteiger partial charge in [0.1, 0.15) is 18.4 Å². The number of hydrogen-bond donors (Lipinski definition) is 2. The van der Waals surface area contributed by atoms with E-state index in [-0.39, 0.29) is 18.2 Å². The minimum atomic E-state index is -3.36. The van der Waals surface area contributed by atoms with Gasteiger partial charge in [-0.15, -0.1) is 12.4 Å². The third-order valence-corrected chi connectivity index (χ3v) is 1.99. The first kappa shape index (κ1) is 13.8. The van der Waals surface area contributed by atoms with Crippen molar-refractivity contribution in [2.75, 3.05) is 6.61 Å². The quantitative estimate of drug-likeness (QED) is 0.897. The maximum absolute atomic E-state index is 12.8. The van der Waals surface area contributed by atoms with Gasteiger partial charge in [0.2, 0.25) is 0 Å². The van der Waals surface area contributed by atoms with Gasteiger partial charge in [-0.25, -0.2) is 8.78 Å². The molecule has 1 aromatic heterocycles. The molecule has 82 valence electrons. The smallest absolute Gasteiger partial charge is 0.292 e. The average molecular weight is 293 g/mol. The van der Waals surface area contributed by atoms with E-state index >= 15 is 0 Å². The first-order chi connectivity index (χ1) is 5.97. The highest BCUT2D eigenvalue weighted by Gasteiger charge is 2.39. The molecule has 3 N–H and O–H groups in total. The molecule has 14 heavy (non-hydrogen) atoms. The van der Waals surface area contributed by atoms with Gasteiger partial charge >= 0.3 is 0 Å². The van der Waals surface area contributed by atoms with E-state index in [2.05, 4.69) is 15.9 Å². The fourth-order valence-electron chi connectivity index (χ4n) is 0.802. The number of furan rings is 1. The predicted molar refractivity (Wildman–Crippen MR) is 52.6 cm³/mol. The first-order valence-electron chi connectivity index (χ1n) is 3.47. The number of alkyl halides is 2. The van der Waals surface area contributed by atoms with Crippen LogP contribution in [0.2, 0.25) is 0 Å². The third-order valence-electron chi connectivity index (χ3n) is 1.57. The molecule has 0 saturated carbocycles. The Balaban J connectivity index is 0.00000169. The van der Waals surface area contributed by atoms with Crippen LogP contribution in [0.15, 0.2) is 21.2 Å². The molecule has 0 aliphatic rings. The molecule has 0 aliphatic heterocycles. The van der Waals surface area contributed by atoms with Gasteiger partial charge in [-0.05, 0) is 28.1 Å². The Morgan fingerprint density at radius 3 is 2.50 bits per heavy atom. The fraction of sp³-hybridized carbons (Fsp3) is 0.429. The third kappa shape index (κ3) is 2.91. The second kappa shape index (κ2) is 5.06. The first-order valence-corrected chi connectivity index (χ1v) is 4.26. The Morgan fingerprint density at radius 2 is 2.14 bits per heavy atom. The lowest BCUT2D eigenvalue weighted by atomic mass is 10.1. The maximum Gasteiger partial charge on any atom is 0.292 e. The van der Waals surface area contributed by atoms with Crippen molar-refractivity contribution < 1.29 is 18.3 Å². The van der Waals surface area contributed by atoms with Crippen LogP contribution in [0.4, 0.5) is 8.78 Å². The Labute approximate surface area is 93.8 Å². The molecule has 7 heteroatoms. The summed E-state index contributed by atoms with van der Waals surface area (Å²) in [4.78, 5) is 0. The zero-order valence-corrected chi connectivity index (χ0v) is 9.32. The van der Waals surface area contributed by atoms with Crippen molar-refractivity contribution >= 4 is 28.3 Å². The molecule has 0 aromatic carbocycles. The molecule has 0 radical (unpaired) electrons. The van der Waals surface area contributed by atoms with Crippen molar-refractivity contribution in [2.45, 2.75) is 12.0 Å². The van der Waals surface area contributed by atoms with Crippen LogP contribution in [0.5, 0.6) is 0 Å². The number of nitrogens with two attached hydrogens (primary N) is 1. The summed E-state index contributed by atoms with van der Waals surface area (Å²) in [5.41, 5.74) is 5.17. The van der Waals surface area contributed by atoms with Gasteiger partial charge in [0.05, 0.1) is 0 Å². The van der Waals surface area contributed by atoms with Crippen LogP contribution in [0, 0.1) is 0 Å². The number of aliphatic hydroxyl groups excluding tert-OH is 1. The highest BCUT2D eigenvalue weighted by Crippen LogP contribution is 2.30. The maximum atomic E-state index is 12.8. The summed E-state index contributed by atoms with van der Waals surface area (Å²) in [7, 11) is 0. The molecule has 0 spiro atoms. The highest BCUT2D eigenvalue weighted by atomic mass is 79.9. The number of rotatable bonds is 3. The molecule has 0 amide bonds. The Hall–Kier alpha value is -0.170. The van der Waals surface area contributed by atoms with E-state index in [1.807, 2.05) is 0 Å². The summed E-state index contributed by atoms with van der Waals surface area (Å²) in [6.45, 7) is -1.30. The molecular formula is C7H9BrClF2NO2. The molecule has 1 atom stereocenters. The van der Waals surface area contributed by atoms with Crippen LogP contribution in [0.1, 0.15) is 11.8 Å². The summed E-state index contributed by atoms with van der Waals surface area (Å²) in [5, 5.41) is 8.35. The SMILES string of the molecule is Cl.N[C@@H](c1ccc(Br)o1)C(F)(F)CO. The molecule has 1 rings (SSSR count). The monoisotopic (exact) mass is 291 g/mol. The van der Waals surface area contributed by atoms with Crippen LogP contribution >= 0.6 is 28.3 Å². The Morgan fingerprint density at radius 1 is 1.57 bits per heavy atom. The molecule has 0 bridgehead atoms. The van der Waals surface area contributed by atoms with Crippen molar-refractivity contribution in [3.8, 4) is 0 Å². The average Bonchev–Trinajstić information content (AvgIpc) is 2.50. The molecule has 3 nitrogen and oxygen atoms in total. The molecule has 0 saturated heterocycles. The van der Waals surface area contributed by atoms with Gasteiger partial charge in [-0.1, -0.05) is 0 Å². The zero-order valence-electron chi connectivity index (χ0n) is 6.91. The Bertz CT molecular complexity index is 295. The topological polar surface area (TPSA) is 59.4 Å². The van der Waals surface area contributed by atoms with E-state index in [1.54, 1.807) is 0 Å². The van der Waals surface area contributed by atoms with Gasteiger partial charge in [-0.2, -0.15) is 0 Å². The summed E-state index contributed by atoms with van der Waals surface area (Å²) in [6, 6.07) is 1.17. The molecule has 1 aromatic rings. The second-order valence-electron chi connectivity index (χ2n) is 2.54. The second-order valence-corrected chi connectivity index (χ2v) is 3.32. The van der Waals surface area contributed by atoms with Gasteiger partial charge < -0.3 is 15.3 Å². The van der Waals surface area contributed by atoms with Gasteiger partial charge in [0.25, 0.3) is 5.92 Å². The van der Waals surface area contributed by atoms with Gasteiger partial charge in [0.15, 0.2) is 4.67 Å². The van der Waals surface area contributed by atoms with Crippen LogP contribution in [-0.4, -0.2) is 17.6 Å². The van der Waals surface area contributed by atoms with Crippen molar-refractivity contribution in [1.29, 1.82) is 0 Å². The van der Waals surface area contributed by atoms with Crippen molar-refractivity contribution in [3.05, 3.63) is 22.6 Å². The summed E-state index contributed by atoms with van der Waals surface area (Å²) in [5.74, 6) is -3.43. The lowest BCUT2D eigenvalue weighted by molar-refractivity contribution is -0.0756. The van der Waals surface area contributed by atoms with E-state index in [0.717, 1.165) is 0 Å². The molecule has 1 heterocycles. The largest absolute Gasteiger partial charge is 0.452 e. The molecule has 0 aliphatic carbocycles. The molecule has 0 unspecified atom stereocenters. The van der Waals surface area contributed by atoms with E-state index in [0.29, 0.717) is 4.67 Å². The van der Waals surface area contributed by atoms with Crippen LogP contribution < -0.4 is 5.73 Å². The fourth-order valence-corrected chi connectivity index (χ4v) is 1.12. The van der Waals surface area contributed by atoms with Crippen molar-refractivity contribution in [2.24, 2.45) is 5.73 Å². The number of hydrogen-bond acceptors (Lipinski definition) is 3. The van der Waals surface area contributed by atoms with Crippen LogP contribution in [0.3, 0.4) is 0 Å². The minimum absolute atomic E-state index is 0. The van der Waals surface area contributed by atoms with Gasteiger partial charge in [-0.3, -0.25) is 0 Å². The van der Waals surface area contributed by atoms with E-state index in [4.69, 9.17) is 15.3 Å². The van der Waals surface area contributed by atoms with Crippen molar-refractivity contribution in [3.63, 3.8) is 0 Å². The van der Waals surface area contributed by atoms with E-state index in [9.17, 15) is 8.78 Å². The molecular weight excluding hydrogens is 283 g/mol. The standard InChI is InChI=1S/C7H8BrF2NO2.ClH/c8-5-2-1-4(13-5)6(11)7(9,10)3-12;/h1-2,6,12H,3,11H2;1H/t6-;/m0./s1. The van der Waals surface area contributed by atoms with Crippen LogP contribution in [-0.2, 0) is 0 Å². The number of aliphatic hydroxyl groups is 1. The summed E-state index contributed by atoms with van der Waals surface area (Å²) < 4.78 is 30.7. The predicted octanol–water partition coefficient (Wildman–Crippen LogP) is 2.09. The van der Waals surface area contributed by atoms with E-state index < -0.39 is 18.6 Å². The van der Waals surface area contributed by atoms with Crippen molar-refractivity contribution in [1.82, 2.24) is 0 Å². The molecule has 0 fully saturated rings. The lowest BCUT2D eigenvalue weighted by Crippen LogP contribution is -2.35. The normalized spacial score (nSPS) is 13.5. The highest BCUT2D eigenvalue weighted by molar-refractivity contribution is 9.10. The minimum Gasteiger partial charge on any atom is -0.452 e. The zero-order chi connectivity index (χ0) is 10.1. The Kier molecular flexibility index (Phi) is 5.00. The summed E-state index contributed by atoms with van der Waals surface area (Å²) in [6.07, 6.45) is 0. The summed E-state index contributed by atoms with van der Waals surface area (Å²) >= 11 is 2.96. The van der Waals surface area contributed by atoms with E-state index in [1.165, 1.54) is 12.1 Å². The lowest BCUT2D eigenvalue weighted by Gasteiger charge is -2.18.